The Morgan fingerprint density at radius 2 is 1.74 bits per heavy atom. The van der Waals surface area contributed by atoms with E-state index in [1.165, 1.54) is 16.4 Å². The Morgan fingerprint density at radius 1 is 1.10 bits per heavy atom. The van der Waals surface area contributed by atoms with Crippen LogP contribution in [-0.2, 0) is 16.4 Å². The maximum atomic E-state index is 13.1. The van der Waals surface area contributed by atoms with Crippen LogP contribution in [0.3, 0.4) is 0 Å². The maximum absolute atomic E-state index is 13.1. The molecule has 1 aromatic heterocycles. The van der Waals surface area contributed by atoms with Crippen LogP contribution in [0.4, 0.5) is 0 Å². The van der Waals surface area contributed by atoms with Crippen molar-refractivity contribution in [2.75, 3.05) is 26.2 Å². The molecule has 7 nitrogen and oxygen atoms in total. The summed E-state index contributed by atoms with van der Waals surface area (Å²) >= 11 is 6.08. The van der Waals surface area contributed by atoms with Gasteiger partial charge in [-0.15, -0.1) is 0 Å². The van der Waals surface area contributed by atoms with Gasteiger partial charge in [0.15, 0.2) is 11.5 Å². The van der Waals surface area contributed by atoms with E-state index in [9.17, 15) is 18.0 Å². The van der Waals surface area contributed by atoms with Crippen LogP contribution in [0.25, 0.3) is 0 Å². The summed E-state index contributed by atoms with van der Waals surface area (Å²) in [6.07, 6.45) is 1.03. The summed E-state index contributed by atoms with van der Waals surface area (Å²) in [7, 11) is -3.74. The van der Waals surface area contributed by atoms with Gasteiger partial charge >= 0.3 is 0 Å². The second-order valence-electron chi connectivity index (χ2n) is 8.92. The third-order valence-electron chi connectivity index (χ3n) is 5.95. The topological polar surface area (TPSA) is 87.9 Å². The SMILES string of the molecule is Cc1c(C(=O)N2CCN(S(=O)(=O)c3ccccc3Cl)CC2)oc2c1C(=O)CC(C)(C)C2. The zero-order chi connectivity index (χ0) is 22.6. The number of carbonyl (C=O) groups excluding carboxylic acids is 2. The van der Waals surface area contributed by atoms with Crippen LogP contribution in [0, 0.1) is 12.3 Å². The maximum Gasteiger partial charge on any atom is 0.289 e. The van der Waals surface area contributed by atoms with Crippen molar-refractivity contribution < 1.29 is 22.4 Å². The fraction of sp³-hybridized carbons (Fsp3) is 0.455. The van der Waals surface area contributed by atoms with E-state index < -0.39 is 10.0 Å². The number of carbonyl (C=O) groups is 2. The van der Waals surface area contributed by atoms with Gasteiger partial charge in [0.1, 0.15) is 10.7 Å². The van der Waals surface area contributed by atoms with Crippen LogP contribution < -0.4 is 0 Å². The average Bonchev–Trinajstić information content (AvgIpc) is 3.02. The van der Waals surface area contributed by atoms with E-state index in [1.54, 1.807) is 24.0 Å². The zero-order valence-electron chi connectivity index (χ0n) is 17.8. The lowest BCUT2D eigenvalue weighted by Crippen LogP contribution is -2.50. The largest absolute Gasteiger partial charge is 0.455 e. The van der Waals surface area contributed by atoms with E-state index in [0.29, 0.717) is 29.7 Å². The van der Waals surface area contributed by atoms with E-state index in [4.69, 9.17) is 16.0 Å². The molecule has 1 aliphatic heterocycles. The summed E-state index contributed by atoms with van der Waals surface area (Å²) in [5.41, 5.74) is 0.905. The van der Waals surface area contributed by atoms with Crippen molar-refractivity contribution in [2.24, 2.45) is 5.41 Å². The molecule has 1 fully saturated rings. The van der Waals surface area contributed by atoms with Gasteiger partial charge in [0.05, 0.1) is 10.6 Å². The highest BCUT2D eigenvalue weighted by atomic mass is 35.5. The molecule has 1 saturated heterocycles. The van der Waals surface area contributed by atoms with Crippen LogP contribution >= 0.6 is 11.6 Å². The first-order valence-electron chi connectivity index (χ1n) is 10.2. The Hall–Kier alpha value is -2.16. The molecule has 4 rings (SSSR count). The van der Waals surface area contributed by atoms with Crippen LogP contribution in [0.2, 0.25) is 5.02 Å². The Kier molecular flexibility index (Phi) is 5.52. The number of furan rings is 1. The molecule has 0 bridgehead atoms. The number of Topliss-reactive ketones (excluding diaryl/α,β-unsaturated/α-hetero) is 1. The highest BCUT2D eigenvalue weighted by molar-refractivity contribution is 7.89. The first kappa shape index (κ1) is 22.0. The monoisotopic (exact) mass is 464 g/mol. The Morgan fingerprint density at radius 3 is 2.39 bits per heavy atom. The van der Waals surface area contributed by atoms with Gasteiger partial charge in [-0.05, 0) is 24.5 Å². The number of ketones is 1. The fourth-order valence-corrected chi connectivity index (χ4v) is 6.27. The minimum Gasteiger partial charge on any atom is -0.455 e. The summed E-state index contributed by atoms with van der Waals surface area (Å²) in [6, 6.07) is 6.32. The Balaban J connectivity index is 1.51. The first-order valence-corrected chi connectivity index (χ1v) is 12.0. The molecule has 0 atom stereocenters. The number of rotatable bonds is 3. The molecule has 9 heteroatoms. The predicted octanol–water partition coefficient (Wildman–Crippen LogP) is 3.54. The lowest BCUT2D eigenvalue weighted by Gasteiger charge is -2.33. The number of fused-ring (bicyclic) bond motifs is 1. The van der Waals surface area contributed by atoms with Gasteiger partial charge in [-0.3, -0.25) is 9.59 Å². The van der Waals surface area contributed by atoms with Crippen molar-refractivity contribution in [1.29, 1.82) is 0 Å². The number of piperazine rings is 1. The molecule has 166 valence electrons. The quantitative estimate of drug-likeness (QED) is 0.693. The molecular formula is C22H25ClN2O5S. The van der Waals surface area contributed by atoms with Crippen LogP contribution in [0.15, 0.2) is 33.6 Å². The minimum absolute atomic E-state index is 0.00204. The smallest absolute Gasteiger partial charge is 0.289 e. The molecule has 1 aromatic carbocycles. The summed E-state index contributed by atoms with van der Waals surface area (Å²) in [4.78, 5) is 27.3. The normalized spacial score (nSPS) is 19.4. The Labute approximate surface area is 187 Å². The molecule has 0 spiro atoms. The lowest BCUT2D eigenvalue weighted by atomic mass is 9.76. The number of sulfonamides is 1. The third kappa shape index (κ3) is 3.92. The Bertz CT molecular complexity index is 1160. The van der Waals surface area contributed by atoms with Crippen molar-refractivity contribution in [1.82, 2.24) is 9.21 Å². The number of hydrogen-bond acceptors (Lipinski definition) is 5. The zero-order valence-corrected chi connectivity index (χ0v) is 19.3. The van der Waals surface area contributed by atoms with Crippen molar-refractivity contribution in [3.63, 3.8) is 0 Å². The van der Waals surface area contributed by atoms with Gasteiger partial charge in [0.25, 0.3) is 5.91 Å². The lowest BCUT2D eigenvalue weighted by molar-refractivity contribution is 0.0660. The van der Waals surface area contributed by atoms with Crippen LogP contribution in [-0.4, -0.2) is 55.5 Å². The fourth-order valence-electron chi connectivity index (χ4n) is 4.35. The van der Waals surface area contributed by atoms with E-state index in [2.05, 4.69) is 0 Å². The summed E-state index contributed by atoms with van der Waals surface area (Å²) in [5, 5.41) is 0.172. The molecule has 0 N–H and O–H groups in total. The van der Waals surface area contributed by atoms with E-state index in [1.807, 2.05) is 13.8 Å². The molecule has 31 heavy (non-hydrogen) atoms. The molecular weight excluding hydrogens is 440 g/mol. The minimum atomic E-state index is -3.74. The molecule has 0 saturated carbocycles. The van der Waals surface area contributed by atoms with E-state index >= 15 is 0 Å². The molecule has 0 unspecified atom stereocenters. The van der Waals surface area contributed by atoms with Gasteiger partial charge in [-0.1, -0.05) is 37.6 Å². The molecule has 2 aliphatic rings. The second-order valence-corrected chi connectivity index (χ2v) is 11.2. The molecule has 2 aromatic rings. The van der Waals surface area contributed by atoms with Crippen LogP contribution in [0.1, 0.15) is 52.5 Å². The molecule has 1 aliphatic carbocycles. The molecule has 2 heterocycles. The van der Waals surface area contributed by atoms with Gasteiger partial charge in [-0.25, -0.2) is 8.42 Å². The number of amides is 1. The number of nitrogens with zero attached hydrogens (tertiary/aromatic N) is 2. The van der Waals surface area contributed by atoms with Gasteiger partial charge in [0, 0.05) is 44.6 Å². The second kappa shape index (κ2) is 7.76. The van der Waals surface area contributed by atoms with Crippen molar-refractivity contribution >= 4 is 33.3 Å². The predicted molar refractivity (Wildman–Crippen MR) is 116 cm³/mol. The average molecular weight is 465 g/mol. The van der Waals surface area contributed by atoms with Crippen LogP contribution in [0.5, 0.6) is 0 Å². The summed E-state index contributed by atoms with van der Waals surface area (Å²) < 4.78 is 33.1. The van der Waals surface area contributed by atoms with Crippen molar-refractivity contribution in [3.05, 3.63) is 51.9 Å². The van der Waals surface area contributed by atoms with Crippen molar-refractivity contribution in [3.8, 4) is 0 Å². The molecule has 1 amide bonds. The van der Waals surface area contributed by atoms with Crippen molar-refractivity contribution in [2.45, 2.75) is 38.5 Å². The molecule has 0 radical (unpaired) electrons. The van der Waals surface area contributed by atoms with Gasteiger partial charge < -0.3 is 9.32 Å². The van der Waals surface area contributed by atoms with E-state index in [-0.39, 0.29) is 59.0 Å². The number of hydrogen-bond donors (Lipinski definition) is 0. The standard InChI is InChI=1S/C22H25ClN2O5S/c1-14-19-16(26)12-22(2,3)13-17(19)30-20(14)21(27)24-8-10-25(11-9-24)31(28,29)18-7-5-4-6-15(18)23/h4-7H,8-13H2,1-3H3. The summed E-state index contributed by atoms with van der Waals surface area (Å²) in [5.74, 6) is 0.440. The summed E-state index contributed by atoms with van der Waals surface area (Å²) in [6.45, 7) is 6.52. The highest BCUT2D eigenvalue weighted by Gasteiger charge is 2.39. The first-order chi connectivity index (χ1) is 14.5. The number of benzene rings is 1. The van der Waals surface area contributed by atoms with Gasteiger partial charge in [0.2, 0.25) is 10.0 Å². The van der Waals surface area contributed by atoms with Gasteiger partial charge in [-0.2, -0.15) is 4.31 Å². The highest BCUT2D eigenvalue weighted by Crippen LogP contribution is 2.38. The number of halogens is 1. The van der Waals surface area contributed by atoms with E-state index in [0.717, 1.165) is 0 Å². The third-order valence-corrected chi connectivity index (χ3v) is 8.35.